The van der Waals surface area contributed by atoms with Crippen LogP contribution in [0, 0.1) is 12.7 Å². The highest BCUT2D eigenvalue weighted by molar-refractivity contribution is 7.22. The molecule has 10 rings (SSSR count). The van der Waals surface area contributed by atoms with Crippen LogP contribution in [-0.2, 0) is 35.7 Å². The lowest BCUT2D eigenvalue weighted by molar-refractivity contribution is -0.145. The molecule has 3 aromatic heterocycles. The summed E-state index contributed by atoms with van der Waals surface area (Å²) in [6.45, 7) is 6.66. The van der Waals surface area contributed by atoms with Crippen molar-refractivity contribution in [2.24, 2.45) is 0 Å². The molecule has 16 heteroatoms. The second kappa shape index (κ2) is 19.5. The molecule has 4 aromatic carbocycles. The quantitative estimate of drug-likeness (QED) is 0.140. The van der Waals surface area contributed by atoms with E-state index in [1.54, 1.807) is 37.6 Å². The summed E-state index contributed by atoms with van der Waals surface area (Å²) in [7, 11) is 3.69. The maximum atomic E-state index is 14.4. The number of fused-ring (bicyclic) bond motifs is 6. The highest BCUT2D eigenvalue weighted by Gasteiger charge is 2.30. The fraction of sp³-hybridized carbons (Fsp3) is 0.280. The summed E-state index contributed by atoms with van der Waals surface area (Å²) in [6.07, 6.45) is 1.74. The maximum Gasteiger partial charge on any atom is 0.345 e. The second-order valence-electron chi connectivity index (χ2n) is 16.5. The number of nitrogens with zero attached hydrogens (tertiary/aromatic N) is 7. The minimum atomic E-state index is -1.44. The SMILES string of the molecule is COc1ccccc1-c1nccc(COc2ccc3cc2C[C@H](C(=O)O)Oc2ncnc4sc(-c5ccc(F)cc5)c(c24)-c2ccc(c(Cl)c2C)CN(C(=O)CCN2CCN(C)CC2)C3)n1. The smallest absolute Gasteiger partial charge is 0.345 e. The lowest BCUT2D eigenvalue weighted by atomic mass is 9.94. The van der Waals surface area contributed by atoms with Crippen LogP contribution in [0.3, 0.4) is 0 Å². The fourth-order valence-corrected chi connectivity index (χ4v) is 9.84. The monoisotopic (exact) mass is 927 g/mol. The average Bonchev–Trinajstić information content (AvgIpc) is 3.72. The van der Waals surface area contributed by atoms with Crippen molar-refractivity contribution in [3.63, 3.8) is 0 Å². The van der Waals surface area contributed by atoms with E-state index in [1.165, 1.54) is 29.8 Å². The number of carbonyl (C=O) groups is 2. The van der Waals surface area contributed by atoms with Gasteiger partial charge in [-0.1, -0.05) is 60.1 Å². The number of carboxylic acids is 1. The minimum absolute atomic E-state index is 0.0386. The van der Waals surface area contributed by atoms with Crippen LogP contribution in [0.1, 0.15) is 34.4 Å². The molecular formula is C50H47ClFN7O6S. The number of rotatable bonds is 10. The number of para-hydroxylation sites is 1. The molecule has 0 radical (unpaired) electrons. The Bertz CT molecular complexity index is 2930. The molecule has 338 valence electrons. The van der Waals surface area contributed by atoms with Crippen molar-refractivity contribution >= 4 is 45.0 Å². The van der Waals surface area contributed by atoms with Gasteiger partial charge < -0.3 is 34.0 Å². The van der Waals surface area contributed by atoms with E-state index in [4.69, 9.17) is 30.8 Å². The van der Waals surface area contributed by atoms with Gasteiger partial charge in [-0.15, -0.1) is 11.3 Å². The Morgan fingerprint density at radius 1 is 0.924 bits per heavy atom. The molecule has 1 atom stereocenters. The Morgan fingerprint density at radius 3 is 2.52 bits per heavy atom. The summed E-state index contributed by atoms with van der Waals surface area (Å²) in [6, 6.07) is 24.8. The van der Waals surface area contributed by atoms with Crippen molar-refractivity contribution in [2.75, 3.05) is 46.9 Å². The number of benzene rings is 4. The van der Waals surface area contributed by atoms with Gasteiger partial charge in [-0.25, -0.2) is 29.1 Å². The van der Waals surface area contributed by atoms with Gasteiger partial charge in [0.05, 0.1) is 23.8 Å². The second-order valence-corrected chi connectivity index (χ2v) is 17.9. The summed E-state index contributed by atoms with van der Waals surface area (Å²) in [5.74, 6) is -0.0795. The molecule has 0 saturated carbocycles. The standard InChI is InChI=1S/C50H47ClFN7O6S/c1-30-37-14-11-33(45(30)51)27-59(42(60)17-19-58-22-20-57(2)21-23-58)26-31-8-15-39(64-28-36-16-18-53-47(56-36)38-6-4-5-7-40(38)63-3)34(24-31)25-41(50(61)62)65-48-44-43(37)46(66-49(44)55-29-54-48)32-9-12-35(52)13-10-32/h4-16,18,24,29,41H,17,19-23,25-28H2,1-3H3,(H,61,62)/t41-/m1/s1. The number of amides is 1. The van der Waals surface area contributed by atoms with Crippen LogP contribution in [0.5, 0.6) is 17.4 Å². The van der Waals surface area contributed by atoms with Crippen molar-refractivity contribution < 1.29 is 33.3 Å². The van der Waals surface area contributed by atoms with Gasteiger partial charge in [0, 0.05) is 80.3 Å². The van der Waals surface area contributed by atoms with Gasteiger partial charge in [0.15, 0.2) is 5.82 Å². The van der Waals surface area contributed by atoms with Crippen LogP contribution in [0.15, 0.2) is 97.5 Å². The van der Waals surface area contributed by atoms with Gasteiger partial charge in [-0.05, 0) is 83.8 Å². The first kappa shape index (κ1) is 44.7. The van der Waals surface area contributed by atoms with Crippen LogP contribution >= 0.6 is 22.9 Å². The number of hydrogen-bond acceptors (Lipinski definition) is 12. The average molecular weight is 928 g/mol. The number of ether oxygens (including phenoxy) is 3. The molecule has 66 heavy (non-hydrogen) atoms. The first-order valence-electron chi connectivity index (χ1n) is 21.6. The molecule has 1 fully saturated rings. The zero-order chi connectivity index (χ0) is 45.9. The summed E-state index contributed by atoms with van der Waals surface area (Å²) in [5.41, 5.74) is 6.23. The molecule has 6 heterocycles. The minimum Gasteiger partial charge on any atom is -0.496 e. The number of carboxylic acid groups (broad SMARTS) is 1. The Balaban J connectivity index is 1.14. The molecule has 0 spiro atoms. The summed E-state index contributed by atoms with van der Waals surface area (Å²) in [5, 5.41) is 11.8. The van der Waals surface area contributed by atoms with E-state index in [1.807, 2.05) is 60.4 Å². The largest absolute Gasteiger partial charge is 0.496 e. The highest BCUT2D eigenvalue weighted by Crippen LogP contribution is 2.49. The van der Waals surface area contributed by atoms with E-state index < -0.39 is 12.1 Å². The molecule has 1 saturated heterocycles. The van der Waals surface area contributed by atoms with E-state index in [0.29, 0.717) is 62.3 Å². The molecule has 1 N–H and O–H groups in total. The maximum absolute atomic E-state index is 14.4. The first-order chi connectivity index (χ1) is 32.0. The van der Waals surface area contributed by atoms with Crippen molar-refractivity contribution in [1.29, 1.82) is 0 Å². The summed E-state index contributed by atoms with van der Waals surface area (Å²) >= 11 is 8.68. The van der Waals surface area contributed by atoms with Gasteiger partial charge in [0.25, 0.3) is 0 Å². The van der Waals surface area contributed by atoms with Crippen LogP contribution in [0.4, 0.5) is 4.39 Å². The van der Waals surface area contributed by atoms with Crippen LogP contribution < -0.4 is 14.2 Å². The number of halogens is 2. The number of likely N-dealkylation sites (N-methyl/N-ethyl adjacent to an activating group) is 1. The van der Waals surface area contributed by atoms with Crippen molar-refractivity contribution in [3.05, 3.63) is 136 Å². The van der Waals surface area contributed by atoms with Crippen molar-refractivity contribution in [3.8, 4) is 50.3 Å². The molecule has 0 aliphatic carbocycles. The Labute approximate surface area is 390 Å². The summed E-state index contributed by atoms with van der Waals surface area (Å²) < 4.78 is 32.8. The van der Waals surface area contributed by atoms with Gasteiger partial charge in [0.1, 0.15) is 35.1 Å². The van der Waals surface area contributed by atoms with Gasteiger partial charge in [-0.3, -0.25) is 4.79 Å². The highest BCUT2D eigenvalue weighted by atomic mass is 35.5. The predicted molar refractivity (Wildman–Crippen MR) is 251 cm³/mol. The van der Waals surface area contributed by atoms with Crippen molar-refractivity contribution in [2.45, 2.75) is 45.6 Å². The van der Waals surface area contributed by atoms with Gasteiger partial charge >= 0.3 is 5.97 Å². The van der Waals surface area contributed by atoms with Crippen molar-refractivity contribution in [1.82, 2.24) is 34.6 Å². The van der Waals surface area contributed by atoms with Gasteiger partial charge in [-0.2, -0.15) is 0 Å². The molecule has 3 aliphatic rings. The van der Waals surface area contributed by atoms with E-state index in [2.05, 4.69) is 31.8 Å². The Hall–Kier alpha value is -6.52. The van der Waals surface area contributed by atoms with E-state index in [0.717, 1.165) is 64.4 Å². The first-order valence-corrected chi connectivity index (χ1v) is 22.8. The van der Waals surface area contributed by atoms with E-state index in [9.17, 15) is 19.1 Å². The third-order valence-electron chi connectivity index (χ3n) is 12.1. The number of aromatic nitrogens is 4. The fourth-order valence-electron chi connectivity index (χ4n) is 8.47. The zero-order valence-corrected chi connectivity index (χ0v) is 38.2. The lowest BCUT2D eigenvalue weighted by Crippen LogP contribution is -2.45. The number of methoxy groups -OCH3 is 1. The third kappa shape index (κ3) is 9.56. The predicted octanol–water partition coefficient (Wildman–Crippen LogP) is 8.73. The van der Waals surface area contributed by atoms with Crippen LogP contribution in [0.2, 0.25) is 5.02 Å². The van der Waals surface area contributed by atoms with Crippen LogP contribution in [-0.4, -0.2) is 105 Å². The van der Waals surface area contributed by atoms with Gasteiger partial charge in [0.2, 0.25) is 17.9 Å². The number of carbonyl (C=O) groups excluding carboxylic acids is 1. The van der Waals surface area contributed by atoms with E-state index >= 15 is 0 Å². The molecule has 0 unspecified atom stereocenters. The normalized spacial score (nSPS) is 15.7. The number of hydrogen-bond donors (Lipinski definition) is 1. The molecular weight excluding hydrogens is 881 g/mol. The number of aliphatic carboxylic acids is 1. The molecule has 7 aromatic rings. The molecule has 1 amide bonds. The Kier molecular flexibility index (Phi) is 13.2. The molecule has 3 aliphatic heterocycles. The number of thiophene rings is 1. The Morgan fingerprint density at radius 2 is 1.73 bits per heavy atom. The lowest BCUT2D eigenvalue weighted by Gasteiger charge is -2.33. The zero-order valence-electron chi connectivity index (χ0n) is 36.7. The van der Waals surface area contributed by atoms with E-state index in [-0.39, 0.29) is 43.7 Å². The number of piperazine rings is 1. The molecule has 13 nitrogen and oxygen atoms in total. The third-order valence-corrected chi connectivity index (χ3v) is 13.8. The molecule has 4 bridgehead atoms. The van der Waals surface area contributed by atoms with Crippen LogP contribution in [0.25, 0.3) is 43.2 Å². The topological polar surface area (TPSA) is 143 Å². The summed E-state index contributed by atoms with van der Waals surface area (Å²) in [4.78, 5) is 53.8.